The molecule has 1 aliphatic heterocycles. The van der Waals surface area contributed by atoms with Gasteiger partial charge in [0.1, 0.15) is 5.75 Å². The Balaban J connectivity index is 1.79. The minimum atomic E-state index is -0.248. The minimum Gasteiger partial charge on any atom is -0.493 e. The summed E-state index contributed by atoms with van der Waals surface area (Å²) in [7, 11) is 0. The van der Waals surface area contributed by atoms with Crippen LogP contribution in [-0.2, 0) is 0 Å². The lowest BCUT2D eigenvalue weighted by atomic mass is 10.0. The van der Waals surface area contributed by atoms with E-state index in [0.29, 0.717) is 12.3 Å². The van der Waals surface area contributed by atoms with E-state index in [2.05, 4.69) is 10.5 Å². The van der Waals surface area contributed by atoms with Gasteiger partial charge in [0, 0.05) is 18.1 Å². The molecule has 0 spiro atoms. The quantitative estimate of drug-likeness (QED) is 0.897. The standard InChI is InChI=1S/C14H14N2O3/c1-9-8-13(19-16-9)14(17)15-11-6-7-18-12-5-3-2-4-10(11)12/h2-5,8,11H,6-7H2,1H3,(H,15,17)/t11-/m0/s1. The fraction of sp³-hybridized carbons (Fsp3) is 0.286. The van der Waals surface area contributed by atoms with Gasteiger partial charge < -0.3 is 14.6 Å². The number of nitrogens with one attached hydrogen (secondary N) is 1. The van der Waals surface area contributed by atoms with Crippen molar-refractivity contribution in [3.05, 3.63) is 47.3 Å². The van der Waals surface area contributed by atoms with E-state index in [1.54, 1.807) is 13.0 Å². The topological polar surface area (TPSA) is 64.4 Å². The van der Waals surface area contributed by atoms with Gasteiger partial charge >= 0.3 is 0 Å². The molecule has 1 aromatic heterocycles. The fourth-order valence-corrected chi connectivity index (χ4v) is 2.19. The number of carbonyl (C=O) groups excluding carboxylic acids is 1. The molecule has 0 saturated heterocycles. The molecular formula is C14H14N2O3. The second-order valence-corrected chi connectivity index (χ2v) is 4.53. The second kappa shape index (κ2) is 4.76. The maximum absolute atomic E-state index is 12.1. The molecule has 0 bridgehead atoms. The molecule has 2 heterocycles. The van der Waals surface area contributed by atoms with E-state index in [-0.39, 0.29) is 17.7 Å². The minimum absolute atomic E-state index is 0.0529. The summed E-state index contributed by atoms with van der Waals surface area (Å²) in [6, 6.07) is 9.30. The van der Waals surface area contributed by atoms with Crippen LogP contribution in [0.15, 0.2) is 34.9 Å². The van der Waals surface area contributed by atoms with Gasteiger partial charge in [0.25, 0.3) is 5.91 Å². The van der Waals surface area contributed by atoms with Crippen LogP contribution < -0.4 is 10.1 Å². The first kappa shape index (κ1) is 11.8. The van der Waals surface area contributed by atoms with E-state index in [1.807, 2.05) is 24.3 Å². The Labute approximate surface area is 110 Å². The van der Waals surface area contributed by atoms with Crippen molar-refractivity contribution < 1.29 is 14.1 Å². The summed E-state index contributed by atoms with van der Waals surface area (Å²) < 4.78 is 10.5. The Bertz CT molecular complexity index is 606. The first-order chi connectivity index (χ1) is 9.24. The first-order valence-electron chi connectivity index (χ1n) is 6.20. The maximum Gasteiger partial charge on any atom is 0.290 e. The molecule has 1 aromatic carbocycles. The van der Waals surface area contributed by atoms with Gasteiger partial charge in [-0.3, -0.25) is 4.79 Å². The van der Waals surface area contributed by atoms with Crippen LogP contribution in [0.4, 0.5) is 0 Å². The van der Waals surface area contributed by atoms with Gasteiger partial charge in [-0.2, -0.15) is 0 Å². The van der Waals surface area contributed by atoms with Crippen molar-refractivity contribution in [3.63, 3.8) is 0 Å². The Hall–Kier alpha value is -2.30. The number of ether oxygens (including phenoxy) is 1. The number of hydrogen-bond donors (Lipinski definition) is 1. The molecule has 98 valence electrons. The number of hydrogen-bond acceptors (Lipinski definition) is 4. The summed E-state index contributed by atoms with van der Waals surface area (Å²) in [5, 5.41) is 6.67. The van der Waals surface area contributed by atoms with Gasteiger partial charge in [-0.25, -0.2) is 0 Å². The van der Waals surface area contributed by atoms with E-state index in [4.69, 9.17) is 9.26 Å². The molecular weight excluding hydrogens is 244 g/mol. The highest BCUT2D eigenvalue weighted by atomic mass is 16.5. The smallest absolute Gasteiger partial charge is 0.290 e. The van der Waals surface area contributed by atoms with Crippen molar-refractivity contribution in [2.24, 2.45) is 0 Å². The zero-order chi connectivity index (χ0) is 13.2. The van der Waals surface area contributed by atoms with Crippen LogP contribution in [-0.4, -0.2) is 17.7 Å². The second-order valence-electron chi connectivity index (χ2n) is 4.53. The molecule has 5 heteroatoms. The predicted molar refractivity (Wildman–Crippen MR) is 68.0 cm³/mol. The number of para-hydroxylation sites is 1. The molecule has 1 atom stereocenters. The number of aromatic nitrogens is 1. The van der Waals surface area contributed by atoms with E-state index >= 15 is 0 Å². The average molecular weight is 258 g/mol. The van der Waals surface area contributed by atoms with Crippen molar-refractivity contribution >= 4 is 5.91 Å². The van der Waals surface area contributed by atoms with Crippen molar-refractivity contribution in [1.82, 2.24) is 10.5 Å². The summed E-state index contributed by atoms with van der Waals surface area (Å²) in [5.41, 5.74) is 1.69. The normalized spacial score (nSPS) is 17.4. The van der Waals surface area contributed by atoms with Crippen molar-refractivity contribution in [2.45, 2.75) is 19.4 Å². The summed E-state index contributed by atoms with van der Waals surface area (Å²) >= 11 is 0. The van der Waals surface area contributed by atoms with Crippen LogP contribution in [0.2, 0.25) is 0 Å². The Morgan fingerprint density at radius 3 is 3.05 bits per heavy atom. The number of benzene rings is 1. The molecule has 1 N–H and O–H groups in total. The van der Waals surface area contributed by atoms with Crippen LogP contribution in [0.1, 0.15) is 34.3 Å². The highest BCUT2D eigenvalue weighted by Gasteiger charge is 2.24. The van der Waals surface area contributed by atoms with Crippen LogP contribution in [0.25, 0.3) is 0 Å². The third kappa shape index (κ3) is 2.31. The van der Waals surface area contributed by atoms with Gasteiger partial charge in [-0.15, -0.1) is 0 Å². The highest BCUT2D eigenvalue weighted by molar-refractivity contribution is 5.91. The molecule has 0 fully saturated rings. The maximum atomic E-state index is 12.1. The Morgan fingerprint density at radius 1 is 1.42 bits per heavy atom. The monoisotopic (exact) mass is 258 g/mol. The summed E-state index contributed by atoms with van der Waals surface area (Å²) in [6.07, 6.45) is 0.746. The molecule has 3 rings (SSSR count). The van der Waals surface area contributed by atoms with Crippen LogP contribution in [0.3, 0.4) is 0 Å². The molecule has 2 aromatic rings. The predicted octanol–water partition coefficient (Wildman–Crippen LogP) is 2.24. The molecule has 0 saturated carbocycles. The molecule has 0 aliphatic carbocycles. The summed E-state index contributed by atoms with van der Waals surface area (Å²) in [4.78, 5) is 12.1. The zero-order valence-electron chi connectivity index (χ0n) is 10.6. The van der Waals surface area contributed by atoms with Gasteiger partial charge in [-0.1, -0.05) is 23.4 Å². The van der Waals surface area contributed by atoms with E-state index < -0.39 is 0 Å². The third-order valence-corrected chi connectivity index (χ3v) is 3.12. The van der Waals surface area contributed by atoms with Crippen molar-refractivity contribution in [2.75, 3.05) is 6.61 Å². The lowest BCUT2D eigenvalue weighted by Gasteiger charge is -2.26. The lowest BCUT2D eigenvalue weighted by Crippen LogP contribution is -2.31. The van der Waals surface area contributed by atoms with Gasteiger partial charge in [0.15, 0.2) is 0 Å². The van der Waals surface area contributed by atoms with E-state index in [1.165, 1.54) is 0 Å². The number of aryl methyl sites for hydroxylation is 1. The molecule has 1 amide bonds. The summed E-state index contributed by atoms with van der Waals surface area (Å²) in [5.74, 6) is 0.816. The fourth-order valence-electron chi connectivity index (χ4n) is 2.19. The largest absolute Gasteiger partial charge is 0.493 e. The Kier molecular flexibility index (Phi) is 2.95. The number of carbonyl (C=O) groups is 1. The van der Waals surface area contributed by atoms with E-state index in [0.717, 1.165) is 17.7 Å². The van der Waals surface area contributed by atoms with Gasteiger partial charge in [-0.05, 0) is 13.0 Å². The Morgan fingerprint density at radius 2 is 2.26 bits per heavy atom. The average Bonchev–Trinajstić information content (AvgIpc) is 2.86. The molecule has 1 aliphatic rings. The van der Waals surface area contributed by atoms with Crippen LogP contribution >= 0.6 is 0 Å². The molecule has 5 nitrogen and oxygen atoms in total. The van der Waals surface area contributed by atoms with Crippen LogP contribution in [0.5, 0.6) is 5.75 Å². The highest BCUT2D eigenvalue weighted by Crippen LogP contribution is 2.31. The zero-order valence-corrected chi connectivity index (χ0v) is 10.6. The van der Waals surface area contributed by atoms with Crippen molar-refractivity contribution in [1.29, 1.82) is 0 Å². The van der Waals surface area contributed by atoms with Crippen LogP contribution in [0, 0.1) is 6.92 Å². The van der Waals surface area contributed by atoms with E-state index in [9.17, 15) is 4.79 Å². The molecule has 0 unspecified atom stereocenters. The number of fused-ring (bicyclic) bond motifs is 1. The van der Waals surface area contributed by atoms with Gasteiger partial charge in [0.05, 0.1) is 18.3 Å². The number of rotatable bonds is 2. The first-order valence-corrected chi connectivity index (χ1v) is 6.20. The lowest BCUT2D eigenvalue weighted by molar-refractivity contribution is 0.0887. The third-order valence-electron chi connectivity index (χ3n) is 3.12. The summed E-state index contributed by atoms with van der Waals surface area (Å²) in [6.45, 7) is 2.38. The van der Waals surface area contributed by atoms with Crippen molar-refractivity contribution in [3.8, 4) is 5.75 Å². The number of nitrogens with zero attached hydrogens (tertiary/aromatic N) is 1. The van der Waals surface area contributed by atoms with Gasteiger partial charge in [0.2, 0.25) is 5.76 Å². The molecule has 19 heavy (non-hydrogen) atoms. The SMILES string of the molecule is Cc1cc(C(=O)N[C@H]2CCOc3ccccc32)on1. The number of amides is 1. The molecule has 0 radical (unpaired) electrons.